The van der Waals surface area contributed by atoms with Crippen molar-refractivity contribution in [3.8, 4) is 0 Å². The van der Waals surface area contributed by atoms with Crippen molar-refractivity contribution in [2.75, 3.05) is 0 Å². The standard InChI is InChI=1S/C16H10Cl2O4/c17-14(19)11-6-7-12(15(18)20)13(8-11)16(21)22-9-10-4-2-1-3-5-10/h1-8H,9H2. The molecule has 0 spiro atoms. The smallest absolute Gasteiger partial charge is 0.339 e. The molecule has 0 fully saturated rings. The van der Waals surface area contributed by atoms with Crippen molar-refractivity contribution in [3.05, 3.63) is 70.8 Å². The highest BCUT2D eigenvalue weighted by Crippen LogP contribution is 2.18. The first-order valence-electron chi connectivity index (χ1n) is 6.24. The Hall–Kier alpha value is -2.17. The van der Waals surface area contributed by atoms with Gasteiger partial charge in [-0.05, 0) is 47.0 Å². The number of benzene rings is 2. The highest BCUT2D eigenvalue weighted by Gasteiger charge is 2.19. The molecule has 0 aliphatic heterocycles. The van der Waals surface area contributed by atoms with E-state index in [4.69, 9.17) is 27.9 Å². The van der Waals surface area contributed by atoms with Gasteiger partial charge >= 0.3 is 5.97 Å². The number of hydrogen-bond acceptors (Lipinski definition) is 4. The van der Waals surface area contributed by atoms with Crippen molar-refractivity contribution in [2.24, 2.45) is 0 Å². The summed E-state index contributed by atoms with van der Waals surface area (Å²) in [6, 6.07) is 12.8. The van der Waals surface area contributed by atoms with Crippen molar-refractivity contribution < 1.29 is 19.1 Å². The fraction of sp³-hybridized carbons (Fsp3) is 0.0625. The van der Waals surface area contributed by atoms with Gasteiger partial charge < -0.3 is 4.74 Å². The second-order valence-electron chi connectivity index (χ2n) is 4.37. The minimum atomic E-state index is -0.819. The van der Waals surface area contributed by atoms with E-state index in [1.165, 1.54) is 18.2 Å². The van der Waals surface area contributed by atoms with E-state index in [-0.39, 0.29) is 23.3 Å². The quantitative estimate of drug-likeness (QED) is 0.615. The molecule has 0 aromatic heterocycles. The van der Waals surface area contributed by atoms with Crippen LogP contribution in [0.1, 0.15) is 36.6 Å². The van der Waals surface area contributed by atoms with Crippen molar-refractivity contribution in [2.45, 2.75) is 6.61 Å². The molecule has 0 aliphatic rings. The fourth-order valence-electron chi connectivity index (χ4n) is 1.81. The van der Waals surface area contributed by atoms with Gasteiger partial charge in [-0.3, -0.25) is 9.59 Å². The van der Waals surface area contributed by atoms with E-state index in [0.717, 1.165) is 5.56 Å². The highest BCUT2D eigenvalue weighted by molar-refractivity contribution is 6.69. The molecule has 2 rings (SSSR count). The summed E-state index contributed by atoms with van der Waals surface area (Å²) in [6.07, 6.45) is 0. The maximum absolute atomic E-state index is 12.1. The lowest BCUT2D eigenvalue weighted by Gasteiger charge is -2.08. The predicted octanol–water partition coefficient (Wildman–Crippen LogP) is 3.80. The molecule has 22 heavy (non-hydrogen) atoms. The SMILES string of the molecule is O=C(Cl)c1ccc(C(=O)Cl)c(C(=O)OCc2ccccc2)c1. The zero-order valence-electron chi connectivity index (χ0n) is 11.2. The molecule has 0 heterocycles. The van der Waals surface area contributed by atoms with Crippen molar-refractivity contribution >= 4 is 39.7 Å². The minimum Gasteiger partial charge on any atom is -0.457 e. The van der Waals surface area contributed by atoms with E-state index in [2.05, 4.69) is 0 Å². The van der Waals surface area contributed by atoms with E-state index in [0.29, 0.717) is 0 Å². The molecule has 0 radical (unpaired) electrons. The van der Waals surface area contributed by atoms with E-state index in [1.807, 2.05) is 18.2 Å². The lowest BCUT2D eigenvalue weighted by molar-refractivity contribution is 0.0470. The summed E-state index contributed by atoms with van der Waals surface area (Å²) < 4.78 is 5.14. The molecule has 6 heteroatoms. The molecule has 0 aliphatic carbocycles. The zero-order valence-corrected chi connectivity index (χ0v) is 12.7. The molecule has 2 aromatic rings. The molecule has 0 unspecified atom stereocenters. The van der Waals surface area contributed by atoms with Crippen molar-refractivity contribution in [3.63, 3.8) is 0 Å². The minimum absolute atomic E-state index is 0.0363. The normalized spacial score (nSPS) is 10.1. The summed E-state index contributed by atoms with van der Waals surface area (Å²) in [6.45, 7) is 0.0363. The third-order valence-electron chi connectivity index (χ3n) is 2.89. The van der Waals surface area contributed by atoms with Crippen LogP contribution in [0.5, 0.6) is 0 Å². The Morgan fingerprint density at radius 1 is 0.864 bits per heavy atom. The van der Waals surface area contributed by atoms with Crippen LogP contribution in [0.4, 0.5) is 0 Å². The summed E-state index contributed by atoms with van der Waals surface area (Å²) >= 11 is 10.8. The Balaban J connectivity index is 2.25. The third kappa shape index (κ3) is 3.93. The van der Waals surface area contributed by atoms with E-state index >= 15 is 0 Å². The van der Waals surface area contributed by atoms with Gasteiger partial charge in [0.2, 0.25) is 0 Å². The Morgan fingerprint density at radius 3 is 2.14 bits per heavy atom. The van der Waals surface area contributed by atoms with Gasteiger partial charge in [0.25, 0.3) is 10.5 Å². The molecule has 0 N–H and O–H groups in total. The molecular formula is C16H10Cl2O4. The van der Waals surface area contributed by atoms with E-state index in [9.17, 15) is 14.4 Å². The van der Waals surface area contributed by atoms with Crippen molar-refractivity contribution in [1.29, 1.82) is 0 Å². The molecule has 0 amide bonds. The summed E-state index contributed by atoms with van der Waals surface area (Å²) in [5.41, 5.74) is 0.734. The monoisotopic (exact) mass is 336 g/mol. The molecular weight excluding hydrogens is 327 g/mol. The topological polar surface area (TPSA) is 60.4 Å². The van der Waals surface area contributed by atoms with Crippen LogP contribution in [0.15, 0.2) is 48.5 Å². The fourth-order valence-corrected chi connectivity index (χ4v) is 2.09. The zero-order chi connectivity index (χ0) is 16.1. The van der Waals surface area contributed by atoms with Crippen LogP contribution in [0, 0.1) is 0 Å². The maximum Gasteiger partial charge on any atom is 0.339 e. The summed E-state index contributed by atoms with van der Waals surface area (Å²) in [5.74, 6) is -0.757. The van der Waals surface area contributed by atoms with Gasteiger partial charge in [-0.25, -0.2) is 4.79 Å². The van der Waals surface area contributed by atoms with E-state index in [1.54, 1.807) is 12.1 Å². The molecule has 0 saturated carbocycles. The number of carbonyl (C=O) groups is 3. The van der Waals surface area contributed by atoms with Gasteiger partial charge in [0.05, 0.1) is 5.56 Å². The Labute approximate surface area is 136 Å². The van der Waals surface area contributed by atoms with Crippen LogP contribution >= 0.6 is 23.2 Å². The van der Waals surface area contributed by atoms with Gasteiger partial charge in [0.1, 0.15) is 6.61 Å². The number of esters is 1. The molecule has 2 aromatic carbocycles. The summed E-state index contributed by atoms with van der Waals surface area (Å²) in [7, 11) is 0. The Kier molecular flexibility index (Phi) is 5.31. The summed E-state index contributed by atoms with van der Waals surface area (Å²) in [5, 5.41) is -1.56. The highest BCUT2D eigenvalue weighted by atomic mass is 35.5. The lowest BCUT2D eigenvalue weighted by Crippen LogP contribution is -2.11. The Morgan fingerprint density at radius 2 is 1.55 bits per heavy atom. The predicted molar refractivity (Wildman–Crippen MR) is 82.4 cm³/mol. The molecule has 0 bridgehead atoms. The Bertz CT molecular complexity index is 726. The van der Waals surface area contributed by atoms with Crippen LogP contribution < -0.4 is 0 Å². The van der Waals surface area contributed by atoms with Crippen LogP contribution in [-0.2, 0) is 11.3 Å². The first kappa shape index (κ1) is 16.2. The first-order valence-corrected chi connectivity index (χ1v) is 6.99. The second kappa shape index (κ2) is 7.20. The number of hydrogen-bond donors (Lipinski definition) is 0. The first-order chi connectivity index (χ1) is 10.5. The van der Waals surface area contributed by atoms with Crippen LogP contribution in [0.25, 0.3) is 0 Å². The number of halogens is 2. The number of rotatable bonds is 5. The van der Waals surface area contributed by atoms with Gasteiger partial charge in [0.15, 0.2) is 0 Å². The van der Waals surface area contributed by atoms with Crippen LogP contribution in [-0.4, -0.2) is 16.5 Å². The summed E-state index contributed by atoms with van der Waals surface area (Å²) in [4.78, 5) is 34.7. The van der Waals surface area contributed by atoms with Crippen molar-refractivity contribution in [1.82, 2.24) is 0 Å². The molecule has 0 atom stereocenters. The number of carbonyl (C=O) groups excluding carboxylic acids is 3. The molecule has 0 saturated heterocycles. The van der Waals surface area contributed by atoms with Gasteiger partial charge in [0, 0.05) is 11.1 Å². The van der Waals surface area contributed by atoms with Gasteiger partial charge in [-0.1, -0.05) is 30.3 Å². The average Bonchev–Trinajstić information content (AvgIpc) is 2.52. The molecule has 112 valence electrons. The maximum atomic E-state index is 12.1. The van der Waals surface area contributed by atoms with E-state index < -0.39 is 16.5 Å². The largest absolute Gasteiger partial charge is 0.457 e. The van der Waals surface area contributed by atoms with Gasteiger partial charge in [-0.2, -0.15) is 0 Å². The average molecular weight is 337 g/mol. The number of ether oxygens (including phenoxy) is 1. The second-order valence-corrected chi connectivity index (χ2v) is 5.06. The lowest BCUT2D eigenvalue weighted by atomic mass is 10.1. The van der Waals surface area contributed by atoms with Gasteiger partial charge in [-0.15, -0.1) is 0 Å². The van der Waals surface area contributed by atoms with Crippen LogP contribution in [0.3, 0.4) is 0 Å². The third-order valence-corrected chi connectivity index (χ3v) is 3.31. The molecule has 4 nitrogen and oxygen atoms in total. The van der Waals surface area contributed by atoms with Crippen LogP contribution in [0.2, 0.25) is 0 Å².